The van der Waals surface area contributed by atoms with Crippen LogP contribution < -0.4 is 9.47 Å². The molecule has 2 atom stereocenters. The summed E-state index contributed by atoms with van der Waals surface area (Å²) in [5.74, 6) is 0.367. The number of benzene rings is 1. The Morgan fingerprint density at radius 1 is 1.23 bits per heavy atom. The Labute approximate surface area is 180 Å². The van der Waals surface area contributed by atoms with E-state index in [1.165, 1.54) is 11.3 Å². The topological polar surface area (TPSA) is 98.1 Å². The van der Waals surface area contributed by atoms with Crippen molar-refractivity contribution < 1.29 is 29.2 Å². The molecule has 8 heteroatoms. The van der Waals surface area contributed by atoms with Crippen molar-refractivity contribution in [2.24, 2.45) is 0 Å². The summed E-state index contributed by atoms with van der Waals surface area (Å²) < 4.78 is 17.2. The third-order valence-corrected chi connectivity index (χ3v) is 6.37. The Hall–Kier alpha value is -2.16. The zero-order valence-corrected chi connectivity index (χ0v) is 18.4. The fourth-order valence-electron chi connectivity index (χ4n) is 3.85. The summed E-state index contributed by atoms with van der Waals surface area (Å²) in [7, 11) is 3.17. The number of rotatable bonds is 10. The molecular formula is C22H29NO6S. The molecule has 30 heavy (non-hydrogen) atoms. The quantitative estimate of drug-likeness (QED) is 0.587. The molecule has 0 radical (unpaired) electrons. The number of carboxylic acid groups (broad SMARTS) is 1. The van der Waals surface area contributed by atoms with Crippen molar-refractivity contribution >= 4 is 17.3 Å². The van der Waals surface area contributed by atoms with Gasteiger partial charge in [0.05, 0.1) is 43.5 Å². The fraction of sp³-hybridized carbons (Fsp3) is 0.545. The molecular weight excluding hydrogens is 406 g/mol. The van der Waals surface area contributed by atoms with Crippen LogP contribution in [0, 0.1) is 6.92 Å². The van der Waals surface area contributed by atoms with Crippen molar-refractivity contribution in [1.29, 1.82) is 0 Å². The third-order valence-electron chi connectivity index (χ3n) is 5.45. The SMILES string of the molecule is COc1cc([C@@H](O)[C@H](Cc2nc(CC(=O)O)cs2)OC2CCCC2)cc(OC)c1C. The molecule has 7 nitrogen and oxygen atoms in total. The largest absolute Gasteiger partial charge is 0.496 e. The first-order valence-electron chi connectivity index (χ1n) is 10.1. The molecule has 1 aliphatic carbocycles. The predicted octanol–water partition coefficient (Wildman–Crippen LogP) is 3.70. The lowest BCUT2D eigenvalue weighted by molar-refractivity contribution is -0.136. The van der Waals surface area contributed by atoms with E-state index in [0.717, 1.165) is 36.3 Å². The van der Waals surface area contributed by atoms with Crippen molar-refractivity contribution in [3.05, 3.63) is 39.3 Å². The summed E-state index contributed by atoms with van der Waals surface area (Å²) in [6, 6.07) is 3.62. The first-order chi connectivity index (χ1) is 14.4. The van der Waals surface area contributed by atoms with E-state index in [-0.39, 0.29) is 12.5 Å². The lowest BCUT2D eigenvalue weighted by Crippen LogP contribution is -2.29. The van der Waals surface area contributed by atoms with Crippen molar-refractivity contribution in [3.8, 4) is 11.5 Å². The Balaban J connectivity index is 1.85. The first kappa shape index (κ1) is 22.5. The van der Waals surface area contributed by atoms with Crippen LogP contribution in [-0.4, -0.2) is 47.6 Å². The van der Waals surface area contributed by atoms with Crippen LogP contribution in [0.25, 0.3) is 0 Å². The average Bonchev–Trinajstić information content (AvgIpc) is 3.39. The highest BCUT2D eigenvalue weighted by molar-refractivity contribution is 7.09. The van der Waals surface area contributed by atoms with E-state index in [0.29, 0.717) is 29.2 Å². The molecule has 1 aliphatic rings. The van der Waals surface area contributed by atoms with E-state index in [2.05, 4.69) is 4.98 Å². The van der Waals surface area contributed by atoms with Gasteiger partial charge in [-0.2, -0.15) is 0 Å². The van der Waals surface area contributed by atoms with E-state index in [1.54, 1.807) is 19.6 Å². The highest BCUT2D eigenvalue weighted by atomic mass is 32.1. The van der Waals surface area contributed by atoms with Crippen molar-refractivity contribution in [1.82, 2.24) is 4.98 Å². The Bertz CT molecular complexity index is 836. The number of ether oxygens (including phenoxy) is 3. The molecule has 1 fully saturated rings. The van der Waals surface area contributed by atoms with Crippen LogP contribution >= 0.6 is 11.3 Å². The maximum atomic E-state index is 11.2. The zero-order valence-electron chi connectivity index (χ0n) is 17.6. The number of carbonyl (C=O) groups is 1. The number of nitrogens with zero attached hydrogens (tertiary/aromatic N) is 1. The van der Waals surface area contributed by atoms with Crippen LogP contribution in [-0.2, 0) is 22.4 Å². The lowest BCUT2D eigenvalue weighted by atomic mass is 9.99. The van der Waals surface area contributed by atoms with Crippen molar-refractivity contribution in [2.45, 2.75) is 63.8 Å². The molecule has 2 aromatic rings. The number of thiazole rings is 1. The molecule has 0 aliphatic heterocycles. The molecule has 1 saturated carbocycles. The highest BCUT2D eigenvalue weighted by Gasteiger charge is 2.29. The minimum Gasteiger partial charge on any atom is -0.496 e. The molecule has 0 amide bonds. The van der Waals surface area contributed by atoms with Crippen molar-refractivity contribution in [3.63, 3.8) is 0 Å². The van der Waals surface area contributed by atoms with Gasteiger partial charge in [0.15, 0.2) is 0 Å². The van der Waals surface area contributed by atoms with Crippen LogP contribution in [0.4, 0.5) is 0 Å². The van der Waals surface area contributed by atoms with Gasteiger partial charge in [0, 0.05) is 17.4 Å². The van der Waals surface area contributed by atoms with E-state index >= 15 is 0 Å². The molecule has 0 saturated heterocycles. The van der Waals surface area contributed by atoms with E-state index in [1.807, 2.05) is 19.1 Å². The molecule has 1 heterocycles. The van der Waals surface area contributed by atoms with Gasteiger partial charge in [0.25, 0.3) is 0 Å². The van der Waals surface area contributed by atoms with E-state index in [9.17, 15) is 9.90 Å². The van der Waals surface area contributed by atoms with Crippen LogP contribution in [0.1, 0.15) is 53.6 Å². The molecule has 1 aromatic carbocycles. The molecule has 0 unspecified atom stereocenters. The number of aliphatic hydroxyl groups is 1. The van der Waals surface area contributed by atoms with Crippen LogP contribution in [0.3, 0.4) is 0 Å². The number of methoxy groups -OCH3 is 2. The number of aromatic nitrogens is 1. The van der Waals surface area contributed by atoms with Crippen LogP contribution in [0.2, 0.25) is 0 Å². The minimum absolute atomic E-state index is 0.109. The summed E-state index contributed by atoms with van der Waals surface area (Å²) in [4.78, 5) is 15.4. The van der Waals surface area contributed by atoms with E-state index < -0.39 is 18.2 Å². The summed E-state index contributed by atoms with van der Waals surface area (Å²) in [5.41, 5.74) is 2.04. The molecule has 164 valence electrons. The molecule has 0 spiro atoms. The number of carboxylic acids is 1. The fourth-order valence-corrected chi connectivity index (χ4v) is 4.69. The van der Waals surface area contributed by atoms with Gasteiger partial charge in [0.2, 0.25) is 0 Å². The number of hydrogen-bond acceptors (Lipinski definition) is 7. The summed E-state index contributed by atoms with van der Waals surface area (Å²) >= 11 is 1.39. The van der Waals surface area contributed by atoms with Crippen molar-refractivity contribution in [2.75, 3.05) is 14.2 Å². The summed E-state index contributed by atoms with van der Waals surface area (Å²) in [6.45, 7) is 1.90. The number of aliphatic hydroxyl groups excluding tert-OH is 1. The van der Waals surface area contributed by atoms with Gasteiger partial charge in [0.1, 0.15) is 17.6 Å². The van der Waals surface area contributed by atoms with E-state index in [4.69, 9.17) is 19.3 Å². The monoisotopic (exact) mass is 435 g/mol. The normalized spacial score (nSPS) is 16.4. The molecule has 1 aromatic heterocycles. The predicted molar refractivity (Wildman–Crippen MR) is 114 cm³/mol. The Morgan fingerprint density at radius 3 is 2.43 bits per heavy atom. The van der Waals surface area contributed by atoms with Gasteiger partial charge in [-0.1, -0.05) is 12.8 Å². The van der Waals surface area contributed by atoms with Gasteiger partial charge in [-0.25, -0.2) is 4.98 Å². The van der Waals surface area contributed by atoms with Gasteiger partial charge >= 0.3 is 5.97 Å². The molecule has 0 bridgehead atoms. The standard InChI is InChI=1S/C22H29NO6S/c1-13-17(27-2)8-14(9-18(13)28-3)22(26)19(29-16-6-4-5-7-16)11-20-23-15(12-30-20)10-21(24)25/h8-9,12,16,19,22,26H,4-7,10-11H2,1-3H3,(H,24,25)/t19-,22+/m0/s1. The Morgan fingerprint density at radius 2 is 1.87 bits per heavy atom. The second-order valence-corrected chi connectivity index (χ2v) is 8.53. The number of hydrogen-bond donors (Lipinski definition) is 2. The second kappa shape index (κ2) is 10.2. The maximum Gasteiger partial charge on any atom is 0.309 e. The highest BCUT2D eigenvalue weighted by Crippen LogP contribution is 2.35. The number of aliphatic carboxylic acids is 1. The zero-order chi connectivity index (χ0) is 21.7. The molecule has 2 N–H and O–H groups in total. The summed E-state index contributed by atoms with van der Waals surface area (Å²) in [5, 5.41) is 22.7. The van der Waals surface area contributed by atoms with Crippen LogP contribution in [0.15, 0.2) is 17.5 Å². The smallest absolute Gasteiger partial charge is 0.309 e. The maximum absolute atomic E-state index is 11.2. The Kier molecular flexibility index (Phi) is 7.69. The van der Waals surface area contributed by atoms with Gasteiger partial charge in [-0.05, 0) is 37.5 Å². The minimum atomic E-state index is -0.913. The van der Waals surface area contributed by atoms with Gasteiger partial charge in [-0.3, -0.25) is 4.79 Å². The second-order valence-electron chi connectivity index (χ2n) is 7.58. The average molecular weight is 436 g/mol. The lowest BCUT2D eigenvalue weighted by Gasteiger charge is -2.27. The van der Waals surface area contributed by atoms with Crippen LogP contribution in [0.5, 0.6) is 11.5 Å². The van der Waals surface area contributed by atoms with Gasteiger partial charge in [-0.15, -0.1) is 11.3 Å². The summed E-state index contributed by atoms with van der Waals surface area (Å²) in [6.07, 6.45) is 3.20. The molecule has 3 rings (SSSR count). The first-order valence-corrected chi connectivity index (χ1v) is 11.0. The van der Waals surface area contributed by atoms with Gasteiger partial charge < -0.3 is 24.4 Å². The third kappa shape index (κ3) is 5.50.